The van der Waals surface area contributed by atoms with Crippen molar-refractivity contribution in [2.75, 3.05) is 26.2 Å². The van der Waals surface area contributed by atoms with E-state index in [4.69, 9.17) is 4.74 Å². The lowest BCUT2D eigenvalue weighted by Crippen LogP contribution is -2.48. The first kappa shape index (κ1) is 25.9. The molecule has 1 saturated carbocycles. The number of amides is 2. The number of fused-ring (bicyclic) bond motifs is 1. The van der Waals surface area contributed by atoms with Gasteiger partial charge in [0.05, 0.1) is 30.1 Å². The van der Waals surface area contributed by atoms with Gasteiger partial charge in [-0.25, -0.2) is 4.98 Å². The molecule has 8 heteroatoms. The minimum atomic E-state index is -0.351. The summed E-state index contributed by atoms with van der Waals surface area (Å²) in [6.45, 7) is 4.11. The first-order valence-corrected chi connectivity index (χ1v) is 13.7. The number of carbonyl (C=O) groups excluding carboxylic acids is 3. The van der Waals surface area contributed by atoms with Gasteiger partial charge in [0.15, 0.2) is 5.82 Å². The maximum absolute atomic E-state index is 13.2. The first-order valence-electron chi connectivity index (χ1n) is 13.7. The van der Waals surface area contributed by atoms with Gasteiger partial charge in [0.25, 0.3) is 5.91 Å². The molecule has 0 unspecified atom stereocenters. The summed E-state index contributed by atoms with van der Waals surface area (Å²) in [6, 6.07) is 17.6. The first-order chi connectivity index (χ1) is 18.5. The molecular weight excluding hydrogens is 480 g/mol. The number of aromatic nitrogens is 2. The lowest BCUT2D eigenvalue weighted by Gasteiger charge is -2.45. The van der Waals surface area contributed by atoms with Crippen LogP contribution in [0, 0.1) is 11.3 Å². The molecule has 1 aromatic heterocycles. The quantitative estimate of drug-likeness (QED) is 0.476. The molecule has 0 atom stereocenters. The van der Waals surface area contributed by atoms with Gasteiger partial charge in [-0.15, -0.1) is 0 Å². The molecule has 2 heterocycles. The average molecular weight is 517 g/mol. The molecule has 0 radical (unpaired) electrons. The summed E-state index contributed by atoms with van der Waals surface area (Å²) in [7, 11) is 0. The Morgan fingerprint density at radius 3 is 2.37 bits per heavy atom. The van der Waals surface area contributed by atoms with E-state index in [1.54, 1.807) is 0 Å². The van der Waals surface area contributed by atoms with Crippen molar-refractivity contribution in [1.82, 2.24) is 19.8 Å². The normalized spacial score (nSPS) is 17.4. The third-order valence-electron chi connectivity index (χ3n) is 8.28. The Bertz CT molecular complexity index is 1280. The summed E-state index contributed by atoms with van der Waals surface area (Å²) in [4.78, 5) is 44.7. The van der Waals surface area contributed by atoms with Crippen LogP contribution >= 0.6 is 0 Å². The van der Waals surface area contributed by atoms with E-state index in [9.17, 15) is 14.4 Å². The number of hydrogen-bond acceptors (Lipinski definition) is 5. The van der Waals surface area contributed by atoms with Crippen LogP contribution in [0.25, 0.3) is 11.0 Å². The van der Waals surface area contributed by atoms with Gasteiger partial charge in [-0.2, -0.15) is 0 Å². The third kappa shape index (κ3) is 5.59. The van der Waals surface area contributed by atoms with E-state index in [-0.39, 0.29) is 35.7 Å². The summed E-state index contributed by atoms with van der Waals surface area (Å²) in [5.41, 5.74) is 2.91. The molecule has 38 heavy (non-hydrogen) atoms. The molecule has 1 spiro atoms. The zero-order chi connectivity index (χ0) is 26.5. The fourth-order valence-corrected chi connectivity index (χ4v) is 5.98. The lowest BCUT2D eigenvalue weighted by molar-refractivity contribution is -0.150. The van der Waals surface area contributed by atoms with Gasteiger partial charge in [0, 0.05) is 19.6 Å². The van der Waals surface area contributed by atoms with E-state index in [2.05, 4.69) is 10.3 Å². The second kappa shape index (κ2) is 11.4. The van der Waals surface area contributed by atoms with Crippen LogP contribution in [0.15, 0.2) is 54.6 Å². The molecular formula is C30H36N4O4. The molecule has 2 amide bonds. The van der Waals surface area contributed by atoms with Gasteiger partial charge in [-0.1, -0.05) is 42.5 Å². The second-order valence-electron chi connectivity index (χ2n) is 10.6. The number of nitrogens with zero attached hydrogens (tertiary/aromatic N) is 3. The molecule has 1 aliphatic heterocycles. The number of esters is 1. The third-order valence-corrected chi connectivity index (χ3v) is 8.28. The Kier molecular flexibility index (Phi) is 7.77. The van der Waals surface area contributed by atoms with Crippen molar-refractivity contribution in [2.45, 2.75) is 52.0 Å². The maximum Gasteiger partial charge on any atom is 0.308 e. The van der Waals surface area contributed by atoms with E-state index < -0.39 is 0 Å². The number of nitrogens with one attached hydrogen (secondary N) is 1. The predicted octanol–water partition coefficient (Wildman–Crippen LogP) is 4.18. The van der Waals surface area contributed by atoms with E-state index in [1.165, 1.54) is 0 Å². The summed E-state index contributed by atoms with van der Waals surface area (Å²) in [5, 5.41) is 2.82. The van der Waals surface area contributed by atoms with Crippen molar-refractivity contribution in [3.63, 3.8) is 0 Å². The number of carbonyl (C=O) groups is 3. The standard InChI is InChI=1S/C30H36N4O4/c1-2-38-29(37)23-12-14-30(15-13-23)16-18-33(19-17-30)26(35)20-31-28(36)27-32-24-10-6-7-11-25(24)34(27)21-22-8-4-3-5-9-22/h3-11,23H,2,12-21H2,1H3,(H,31,36). The number of benzene rings is 2. The molecule has 200 valence electrons. The van der Waals surface area contributed by atoms with Gasteiger partial charge in [0.1, 0.15) is 0 Å². The van der Waals surface area contributed by atoms with Gasteiger partial charge in [-0.05, 0) is 68.6 Å². The summed E-state index contributed by atoms with van der Waals surface area (Å²) in [5.74, 6) is -0.168. The predicted molar refractivity (Wildman–Crippen MR) is 144 cm³/mol. The largest absolute Gasteiger partial charge is 0.466 e. The molecule has 8 nitrogen and oxygen atoms in total. The molecule has 2 fully saturated rings. The zero-order valence-electron chi connectivity index (χ0n) is 22.0. The maximum atomic E-state index is 13.2. The number of hydrogen-bond donors (Lipinski definition) is 1. The monoisotopic (exact) mass is 516 g/mol. The molecule has 2 aromatic carbocycles. The number of piperidine rings is 1. The second-order valence-corrected chi connectivity index (χ2v) is 10.6. The lowest BCUT2D eigenvalue weighted by atomic mass is 9.65. The average Bonchev–Trinajstić information content (AvgIpc) is 3.31. The van der Waals surface area contributed by atoms with E-state index >= 15 is 0 Å². The van der Waals surface area contributed by atoms with Crippen LogP contribution in [0.1, 0.15) is 61.6 Å². The SMILES string of the molecule is CCOC(=O)C1CCC2(CC1)CCN(C(=O)CNC(=O)c1nc3ccccc3n1Cc1ccccc1)CC2. The molecule has 5 rings (SSSR count). The zero-order valence-corrected chi connectivity index (χ0v) is 22.0. The van der Waals surface area contributed by atoms with E-state index in [0.29, 0.717) is 32.1 Å². The van der Waals surface area contributed by atoms with Crippen LogP contribution in [0.2, 0.25) is 0 Å². The number of para-hydroxylation sites is 2. The summed E-state index contributed by atoms with van der Waals surface area (Å²) in [6.07, 6.45) is 5.63. The van der Waals surface area contributed by atoms with Crippen molar-refractivity contribution in [1.29, 1.82) is 0 Å². The number of ether oxygens (including phenoxy) is 1. The molecule has 0 bridgehead atoms. The van der Waals surface area contributed by atoms with Crippen molar-refractivity contribution >= 4 is 28.8 Å². The van der Waals surface area contributed by atoms with Gasteiger partial charge < -0.3 is 19.5 Å². The molecule has 1 saturated heterocycles. The Morgan fingerprint density at radius 1 is 0.974 bits per heavy atom. The van der Waals surface area contributed by atoms with Gasteiger partial charge >= 0.3 is 5.97 Å². The highest BCUT2D eigenvalue weighted by atomic mass is 16.5. The van der Waals surface area contributed by atoms with E-state index in [1.807, 2.05) is 71.0 Å². The van der Waals surface area contributed by atoms with Crippen molar-refractivity contribution in [3.05, 3.63) is 66.0 Å². The number of imidazole rings is 1. The van der Waals surface area contributed by atoms with Crippen LogP contribution < -0.4 is 5.32 Å². The van der Waals surface area contributed by atoms with Crippen molar-refractivity contribution in [2.24, 2.45) is 11.3 Å². The van der Waals surface area contributed by atoms with Gasteiger partial charge in [0.2, 0.25) is 5.91 Å². The van der Waals surface area contributed by atoms with Crippen LogP contribution in [-0.2, 0) is 20.9 Å². The Hall–Kier alpha value is -3.68. The molecule has 3 aromatic rings. The fourth-order valence-electron chi connectivity index (χ4n) is 5.98. The highest BCUT2D eigenvalue weighted by molar-refractivity contribution is 5.96. The molecule has 1 aliphatic carbocycles. The molecule has 2 aliphatic rings. The van der Waals surface area contributed by atoms with Crippen LogP contribution in [0.5, 0.6) is 0 Å². The van der Waals surface area contributed by atoms with Crippen molar-refractivity contribution < 1.29 is 19.1 Å². The summed E-state index contributed by atoms with van der Waals surface area (Å²) >= 11 is 0. The van der Waals surface area contributed by atoms with Crippen LogP contribution in [0.4, 0.5) is 0 Å². The van der Waals surface area contributed by atoms with Gasteiger partial charge in [-0.3, -0.25) is 14.4 Å². The van der Waals surface area contributed by atoms with E-state index in [0.717, 1.165) is 55.1 Å². The Labute approximate surface area is 223 Å². The number of rotatable bonds is 7. The summed E-state index contributed by atoms with van der Waals surface area (Å²) < 4.78 is 7.11. The highest BCUT2D eigenvalue weighted by Crippen LogP contribution is 2.46. The topological polar surface area (TPSA) is 93.5 Å². The molecule has 1 N–H and O–H groups in total. The van der Waals surface area contributed by atoms with Crippen molar-refractivity contribution in [3.8, 4) is 0 Å². The minimum Gasteiger partial charge on any atom is -0.466 e. The minimum absolute atomic E-state index is 0.0153. The number of likely N-dealkylation sites (tertiary alicyclic amines) is 1. The highest BCUT2D eigenvalue weighted by Gasteiger charge is 2.40. The fraction of sp³-hybridized carbons (Fsp3) is 0.467. The van der Waals surface area contributed by atoms with Crippen LogP contribution in [0.3, 0.4) is 0 Å². The Morgan fingerprint density at radius 2 is 1.66 bits per heavy atom. The smallest absolute Gasteiger partial charge is 0.308 e. The Balaban J connectivity index is 1.17. The van der Waals surface area contributed by atoms with Crippen LogP contribution in [-0.4, -0.2) is 58.5 Å².